The monoisotopic (exact) mass is 396 g/mol. The Kier molecular flexibility index (Phi) is 6.08. The van der Waals surface area contributed by atoms with Crippen molar-refractivity contribution < 1.29 is 19.2 Å². The lowest BCUT2D eigenvalue weighted by Crippen LogP contribution is -2.23. The number of hydrogen-bond donors (Lipinski definition) is 1. The number of rotatable bonds is 8. The molecule has 1 amide bonds. The van der Waals surface area contributed by atoms with Crippen LogP contribution in [0.25, 0.3) is 5.69 Å². The molecule has 0 saturated carbocycles. The van der Waals surface area contributed by atoms with Crippen molar-refractivity contribution in [1.82, 2.24) is 14.9 Å². The Bertz CT molecular complexity index is 1020. The van der Waals surface area contributed by atoms with Crippen LogP contribution in [0.15, 0.2) is 55.1 Å². The Labute approximate surface area is 167 Å². The molecule has 0 aliphatic carbocycles. The van der Waals surface area contributed by atoms with Gasteiger partial charge in [0, 0.05) is 30.6 Å². The van der Waals surface area contributed by atoms with E-state index < -0.39 is 10.8 Å². The van der Waals surface area contributed by atoms with Gasteiger partial charge < -0.3 is 19.4 Å². The van der Waals surface area contributed by atoms with Crippen LogP contribution < -0.4 is 14.8 Å². The summed E-state index contributed by atoms with van der Waals surface area (Å²) in [6, 6.07) is 9.68. The van der Waals surface area contributed by atoms with Gasteiger partial charge in [0.15, 0.2) is 11.5 Å². The number of nitrogens with one attached hydrogen (secondary N) is 1. The highest BCUT2D eigenvalue weighted by atomic mass is 16.6. The van der Waals surface area contributed by atoms with Crippen LogP contribution in [0.4, 0.5) is 5.69 Å². The molecule has 0 aliphatic rings. The summed E-state index contributed by atoms with van der Waals surface area (Å²) in [5.41, 5.74) is 1.15. The minimum Gasteiger partial charge on any atom is -0.493 e. The molecule has 0 unspecified atom stereocenters. The van der Waals surface area contributed by atoms with E-state index in [0.29, 0.717) is 23.8 Å². The molecule has 0 spiro atoms. The van der Waals surface area contributed by atoms with E-state index in [4.69, 9.17) is 9.47 Å². The number of imidazole rings is 1. The third-order valence-corrected chi connectivity index (χ3v) is 4.20. The normalized spacial score (nSPS) is 10.4. The molecule has 1 aromatic heterocycles. The van der Waals surface area contributed by atoms with Gasteiger partial charge in [0.1, 0.15) is 5.69 Å². The molecule has 2 aromatic carbocycles. The van der Waals surface area contributed by atoms with E-state index in [0.717, 1.165) is 5.56 Å². The van der Waals surface area contributed by atoms with Crippen molar-refractivity contribution in [3.8, 4) is 17.2 Å². The van der Waals surface area contributed by atoms with Crippen molar-refractivity contribution in [2.75, 3.05) is 13.7 Å². The molecule has 3 aromatic rings. The van der Waals surface area contributed by atoms with Crippen molar-refractivity contribution in [3.05, 3.63) is 76.4 Å². The first-order chi connectivity index (χ1) is 14.0. The van der Waals surface area contributed by atoms with Gasteiger partial charge >= 0.3 is 0 Å². The first kappa shape index (κ1) is 19.9. The van der Waals surface area contributed by atoms with Gasteiger partial charge in [-0.1, -0.05) is 6.07 Å². The summed E-state index contributed by atoms with van der Waals surface area (Å²) in [4.78, 5) is 27.3. The first-order valence-electron chi connectivity index (χ1n) is 8.88. The van der Waals surface area contributed by atoms with Gasteiger partial charge in [0.2, 0.25) is 0 Å². The molecular weight excluding hydrogens is 376 g/mol. The second kappa shape index (κ2) is 8.87. The van der Waals surface area contributed by atoms with Crippen LogP contribution in [0.5, 0.6) is 11.5 Å². The fourth-order valence-corrected chi connectivity index (χ4v) is 2.81. The number of carbonyl (C=O) groups is 1. The fourth-order valence-electron chi connectivity index (χ4n) is 2.81. The van der Waals surface area contributed by atoms with Gasteiger partial charge in [-0.25, -0.2) is 4.98 Å². The third kappa shape index (κ3) is 4.52. The van der Waals surface area contributed by atoms with Crippen LogP contribution in [0.3, 0.4) is 0 Å². The minimum atomic E-state index is -0.524. The van der Waals surface area contributed by atoms with Gasteiger partial charge in [-0.3, -0.25) is 14.9 Å². The fraction of sp³-hybridized carbons (Fsp3) is 0.200. The first-order valence-corrected chi connectivity index (χ1v) is 8.88. The van der Waals surface area contributed by atoms with Crippen molar-refractivity contribution in [2.24, 2.45) is 0 Å². The number of methoxy groups -OCH3 is 1. The van der Waals surface area contributed by atoms with Crippen LogP contribution in [0.2, 0.25) is 0 Å². The molecule has 0 atom stereocenters. The molecule has 0 saturated heterocycles. The van der Waals surface area contributed by atoms with Crippen LogP contribution >= 0.6 is 0 Å². The molecule has 1 heterocycles. The second-order valence-electron chi connectivity index (χ2n) is 6.03. The largest absolute Gasteiger partial charge is 0.493 e. The van der Waals surface area contributed by atoms with Crippen LogP contribution in [-0.4, -0.2) is 34.1 Å². The van der Waals surface area contributed by atoms with E-state index in [9.17, 15) is 14.9 Å². The van der Waals surface area contributed by atoms with Crippen LogP contribution in [0.1, 0.15) is 22.8 Å². The summed E-state index contributed by atoms with van der Waals surface area (Å²) in [6.07, 6.45) is 4.58. The number of amides is 1. The van der Waals surface area contributed by atoms with E-state index in [1.165, 1.54) is 35.3 Å². The number of ether oxygens (including phenoxy) is 2. The zero-order valence-electron chi connectivity index (χ0n) is 16.0. The number of nitrogens with zero attached hydrogens (tertiary/aromatic N) is 3. The molecular formula is C20H20N4O5. The number of carbonyl (C=O) groups excluding carboxylic acids is 1. The zero-order chi connectivity index (χ0) is 20.8. The maximum atomic E-state index is 12.5. The van der Waals surface area contributed by atoms with Crippen LogP contribution in [0, 0.1) is 10.1 Å². The van der Waals surface area contributed by atoms with Crippen molar-refractivity contribution in [2.45, 2.75) is 13.5 Å². The number of hydrogen-bond acceptors (Lipinski definition) is 6. The van der Waals surface area contributed by atoms with Gasteiger partial charge in [-0.2, -0.15) is 0 Å². The highest BCUT2D eigenvalue weighted by Crippen LogP contribution is 2.28. The van der Waals surface area contributed by atoms with Crippen molar-refractivity contribution in [3.63, 3.8) is 0 Å². The molecule has 29 heavy (non-hydrogen) atoms. The van der Waals surface area contributed by atoms with Gasteiger partial charge in [0.25, 0.3) is 11.6 Å². The average molecular weight is 396 g/mol. The Morgan fingerprint density at radius 1 is 1.24 bits per heavy atom. The smallest absolute Gasteiger partial charge is 0.294 e. The summed E-state index contributed by atoms with van der Waals surface area (Å²) in [7, 11) is 1.54. The predicted octanol–water partition coefficient (Wildman–Crippen LogP) is 3.12. The Morgan fingerprint density at radius 3 is 2.72 bits per heavy atom. The Balaban J connectivity index is 1.76. The quantitative estimate of drug-likeness (QED) is 0.463. The Hall–Kier alpha value is -3.88. The lowest BCUT2D eigenvalue weighted by Gasteiger charge is -2.12. The minimum absolute atomic E-state index is 0.182. The maximum Gasteiger partial charge on any atom is 0.294 e. The number of benzene rings is 2. The van der Waals surface area contributed by atoms with E-state index in [2.05, 4.69) is 10.3 Å². The third-order valence-electron chi connectivity index (χ3n) is 4.20. The Morgan fingerprint density at radius 2 is 2.07 bits per heavy atom. The molecule has 9 nitrogen and oxygen atoms in total. The van der Waals surface area contributed by atoms with Gasteiger partial charge in [-0.05, 0) is 36.8 Å². The molecule has 9 heteroatoms. The topological polar surface area (TPSA) is 109 Å². The summed E-state index contributed by atoms with van der Waals surface area (Å²) >= 11 is 0. The average Bonchev–Trinajstić information content (AvgIpc) is 3.27. The van der Waals surface area contributed by atoms with Gasteiger partial charge in [0.05, 0.1) is 25.0 Å². The highest BCUT2D eigenvalue weighted by molar-refractivity contribution is 5.95. The number of nitro benzene ring substituents is 1. The standard InChI is InChI=1S/C20H20N4O5/c1-3-29-18-7-4-14(10-19(18)28-2)12-22-20(25)15-5-6-16(17(11-15)24(26)27)23-9-8-21-13-23/h4-11,13H,3,12H2,1-2H3,(H,22,25). The molecule has 0 bridgehead atoms. The van der Waals surface area contributed by atoms with E-state index in [1.54, 1.807) is 25.4 Å². The van der Waals surface area contributed by atoms with Crippen LogP contribution in [-0.2, 0) is 6.54 Å². The van der Waals surface area contributed by atoms with E-state index >= 15 is 0 Å². The molecule has 3 rings (SSSR count). The number of aromatic nitrogens is 2. The summed E-state index contributed by atoms with van der Waals surface area (Å²) in [5.74, 6) is 0.771. The lowest BCUT2D eigenvalue weighted by atomic mass is 10.1. The zero-order valence-corrected chi connectivity index (χ0v) is 16.0. The maximum absolute atomic E-state index is 12.5. The summed E-state index contributed by atoms with van der Waals surface area (Å²) in [5, 5.41) is 14.2. The predicted molar refractivity (Wildman–Crippen MR) is 106 cm³/mol. The van der Waals surface area contributed by atoms with E-state index in [-0.39, 0.29) is 17.8 Å². The van der Waals surface area contributed by atoms with E-state index in [1.807, 2.05) is 13.0 Å². The highest BCUT2D eigenvalue weighted by Gasteiger charge is 2.19. The number of nitro groups is 1. The molecule has 0 aliphatic heterocycles. The van der Waals surface area contributed by atoms with Crippen molar-refractivity contribution in [1.29, 1.82) is 0 Å². The molecule has 0 radical (unpaired) electrons. The lowest BCUT2D eigenvalue weighted by molar-refractivity contribution is -0.384. The molecule has 150 valence electrons. The van der Waals surface area contributed by atoms with Crippen molar-refractivity contribution >= 4 is 11.6 Å². The second-order valence-corrected chi connectivity index (χ2v) is 6.03. The molecule has 1 N–H and O–H groups in total. The summed E-state index contributed by atoms with van der Waals surface area (Å²) in [6.45, 7) is 2.63. The van der Waals surface area contributed by atoms with Gasteiger partial charge in [-0.15, -0.1) is 0 Å². The SMILES string of the molecule is CCOc1ccc(CNC(=O)c2ccc(-n3ccnc3)c([N+](=O)[O-])c2)cc1OC. The molecule has 0 fully saturated rings. The summed E-state index contributed by atoms with van der Waals surface area (Å²) < 4.78 is 12.3.